The van der Waals surface area contributed by atoms with E-state index >= 15 is 0 Å². The van der Waals surface area contributed by atoms with Crippen LogP contribution in [0.2, 0.25) is 0 Å². The van der Waals surface area contributed by atoms with Crippen LogP contribution in [0.4, 0.5) is 10.1 Å². The molecule has 0 spiro atoms. The molecule has 1 saturated heterocycles. The number of hydrogen-bond donors (Lipinski definition) is 2. The highest BCUT2D eigenvalue weighted by Crippen LogP contribution is 2.16. The van der Waals surface area contributed by atoms with Gasteiger partial charge in [0.2, 0.25) is 0 Å². The predicted molar refractivity (Wildman–Crippen MR) is 66.4 cm³/mol. The molecule has 1 amide bonds. The second-order valence-electron chi connectivity index (χ2n) is 4.44. The summed E-state index contributed by atoms with van der Waals surface area (Å²) in [6.07, 6.45) is 1.79. The second-order valence-corrected chi connectivity index (χ2v) is 4.44. The number of benzene rings is 1. The van der Waals surface area contributed by atoms with Gasteiger partial charge in [0.25, 0.3) is 11.6 Å². The molecule has 7 heteroatoms. The predicted octanol–water partition coefficient (Wildman–Crippen LogP) is 1.22. The van der Waals surface area contributed by atoms with Crippen LogP contribution in [-0.4, -0.2) is 30.0 Å². The molecule has 0 aliphatic carbocycles. The van der Waals surface area contributed by atoms with Crippen molar-refractivity contribution in [1.82, 2.24) is 10.6 Å². The van der Waals surface area contributed by atoms with Crippen molar-refractivity contribution in [3.63, 3.8) is 0 Å². The van der Waals surface area contributed by atoms with Crippen LogP contribution in [-0.2, 0) is 0 Å². The van der Waals surface area contributed by atoms with Gasteiger partial charge >= 0.3 is 0 Å². The molecule has 1 atom stereocenters. The number of halogens is 1. The van der Waals surface area contributed by atoms with Crippen molar-refractivity contribution in [3.05, 3.63) is 39.7 Å². The van der Waals surface area contributed by atoms with E-state index in [-0.39, 0.29) is 17.3 Å². The minimum atomic E-state index is -0.879. The van der Waals surface area contributed by atoms with Crippen molar-refractivity contribution < 1.29 is 14.1 Å². The summed E-state index contributed by atoms with van der Waals surface area (Å²) in [7, 11) is 0. The fourth-order valence-electron chi connectivity index (χ4n) is 2.04. The van der Waals surface area contributed by atoms with Gasteiger partial charge in [0.15, 0.2) is 0 Å². The lowest BCUT2D eigenvalue weighted by molar-refractivity contribution is -0.385. The van der Waals surface area contributed by atoms with E-state index in [0.29, 0.717) is 6.54 Å². The number of hydrogen-bond acceptors (Lipinski definition) is 4. The SMILES string of the molecule is O=C(NC1CCCNC1)c1ccc([N+](=O)[O-])cc1F. The number of nitro benzene ring substituents is 1. The molecule has 1 fully saturated rings. The van der Waals surface area contributed by atoms with Crippen molar-refractivity contribution in [2.75, 3.05) is 13.1 Å². The first kappa shape index (κ1) is 13.4. The molecule has 0 bridgehead atoms. The number of nitrogens with zero attached hydrogens (tertiary/aromatic N) is 1. The van der Waals surface area contributed by atoms with Gasteiger partial charge in [0.05, 0.1) is 16.6 Å². The van der Waals surface area contributed by atoms with E-state index in [1.165, 1.54) is 0 Å². The van der Waals surface area contributed by atoms with Crippen LogP contribution in [0.5, 0.6) is 0 Å². The lowest BCUT2D eigenvalue weighted by Gasteiger charge is -2.23. The Morgan fingerprint density at radius 2 is 2.32 bits per heavy atom. The molecule has 0 saturated carbocycles. The first-order valence-corrected chi connectivity index (χ1v) is 6.03. The van der Waals surface area contributed by atoms with Crippen LogP contribution in [0.15, 0.2) is 18.2 Å². The lowest BCUT2D eigenvalue weighted by atomic mass is 10.1. The molecule has 2 rings (SSSR count). The van der Waals surface area contributed by atoms with Gasteiger partial charge in [0.1, 0.15) is 5.82 Å². The average molecular weight is 267 g/mol. The van der Waals surface area contributed by atoms with Crippen molar-refractivity contribution in [3.8, 4) is 0 Å². The summed E-state index contributed by atoms with van der Waals surface area (Å²) in [5.74, 6) is -1.42. The summed E-state index contributed by atoms with van der Waals surface area (Å²) in [4.78, 5) is 21.6. The molecule has 1 aromatic rings. The fourth-order valence-corrected chi connectivity index (χ4v) is 2.04. The zero-order chi connectivity index (χ0) is 13.8. The summed E-state index contributed by atoms with van der Waals surface area (Å²) in [6.45, 7) is 1.57. The third-order valence-electron chi connectivity index (χ3n) is 3.04. The Balaban J connectivity index is 2.08. The number of nitrogens with one attached hydrogen (secondary N) is 2. The number of rotatable bonds is 3. The Bertz CT molecular complexity index is 501. The molecule has 0 radical (unpaired) electrons. The summed E-state index contributed by atoms with van der Waals surface area (Å²) in [5, 5.41) is 16.3. The lowest BCUT2D eigenvalue weighted by Crippen LogP contribution is -2.45. The van der Waals surface area contributed by atoms with Gasteiger partial charge in [-0.25, -0.2) is 4.39 Å². The zero-order valence-electron chi connectivity index (χ0n) is 10.2. The monoisotopic (exact) mass is 267 g/mol. The Hall–Kier alpha value is -2.02. The number of carbonyl (C=O) groups is 1. The molecule has 1 heterocycles. The van der Waals surface area contributed by atoms with Crippen LogP contribution < -0.4 is 10.6 Å². The van der Waals surface area contributed by atoms with Gasteiger partial charge in [-0.2, -0.15) is 0 Å². The molecule has 1 unspecified atom stereocenters. The van der Waals surface area contributed by atoms with Crippen LogP contribution in [0, 0.1) is 15.9 Å². The molecule has 102 valence electrons. The number of carbonyl (C=O) groups excluding carboxylic acids is 1. The summed E-state index contributed by atoms with van der Waals surface area (Å²) in [5.41, 5.74) is -0.537. The molecule has 1 aromatic carbocycles. The third-order valence-corrected chi connectivity index (χ3v) is 3.04. The Labute approximate surface area is 109 Å². The minimum Gasteiger partial charge on any atom is -0.348 e. The first-order valence-electron chi connectivity index (χ1n) is 6.03. The normalized spacial score (nSPS) is 18.9. The summed E-state index contributed by atoms with van der Waals surface area (Å²) in [6, 6.07) is 2.99. The number of piperidine rings is 1. The molecular formula is C12H14FN3O3. The van der Waals surface area contributed by atoms with Gasteiger partial charge in [0, 0.05) is 18.7 Å². The minimum absolute atomic E-state index is 0.0316. The van der Waals surface area contributed by atoms with Gasteiger partial charge < -0.3 is 10.6 Å². The summed E-state index contributed by atoms with van der Waals surface area (Å²) < 4.78 is 13.6. The van der Waals surface area contributed by atoms with Gasteiger partial charge in [-0.05, 0) is 25.5 Å². The topological polar surface area (TPSA) is 84.3 Å². The maximum absolute atomic E-state index is 13.6. The molecule has 2 N–H and O–H groups in total. The molecule has 1 aliphatic rings. The van der Waals surface area contributed by atoms with E-state index in [0.717, 1.165) is 37.6 Å². The standard InChI is InChI=1S/C12H14FN3O3/c13-11-6-9(16(18)19)3-4-10(11)12(17)15-8-2-1-5-14-7-8/h3-4,6,8,14H,1-2,5,7H2,(H,15,17). The van der Waals surface area contributed by atoms with E-state index in [1.54, 1.807) is 0 Å². The Morgan fingerprint density at radius 3 is 2.89 bits per heavy atom. The van der Waals surface area contributed by atoms with Crippen LogP contribution in [0.1, 0.15) is 23.2 Å². The zero-order valence-corrected chi connectivity index (χ0v) is 10.2. The first-order chi connectivity index (χ1) is 9.08. The van der Waals surface area contributed by atoms with Crippen molar-refractivity contribution in [1.29, 1.82) is 0 Å². The number of nitro groups is 1. The largest absolute Gasteiger partial charge is 0.348 e. The second kappa shape index (κ2) is 5.75. The summed E-state index contributed by atoms with van der Waals surface area (Å²) >= 11 is 0. The Morgan fingerprint density at radius 1 is 1.53 bits per heavy atom. The molecule has 19 heavy (non-hydrogen) atoms. The van der Waals surface area contributed by atoms with Crippen molar-refractivity contribution in [2.45, 2.75) is 18.9 Å². The van der Waals surface area contributed by atoms with E-state index in [1.807, 2.05) is 0 Å². The number of amides is 1. The maximum atomic E-state index is 13.6. The highest BCUT2D eigenvalue weighted by Gasteiger charge is 2.20. The van der Waals surface area contributed by atoms with E-state index in [9.17, 15) is 19.3 Å². The fraction of sp³-hybridized carbons (Fsp3) is 0.417. The van der Waals surface area contributed by atoms with Crippen LogP contribution in [0.3, 0.4) is 0 Å². The molecule has 1 aliphatic heterocycles. The van der Waals surface area contributed by atoms with E-state index in [2.05, 4.69) is 10.6 Å². The highest BCUT2D eigenvalue weighted by atomic mass is 19.1. The third kappa shape index (κ3) is 3.25. The van der Waals surface area contributed by atoms with Crippen molar-refractivity contribution >= 4 is 11.6 Å². The van der Waals surface area contributed by atoms with E-state index < -0.39 is 16.6 Å². The molecule has 6 nitrogen and oxygen atoms in total. The van der Waals surface area contributed by atoms with Gasteiger partial charge in [-0.3, -0.25) is 14.9 Å². The van der Waals surface area contributed by atoms with Crippen molar-refractivity contribution in [2.24, 2.45) is 0 Å². The highest BCUT2D eigenvalue weighted by molar-refractivity contribution is 5.94. The maximum Gasteiger partial charge on any atom is 0.272 e. The van der Waals surface area contributed by atoms with E-state index in [4.69, 9.17) is 0 Å². The van der Waals surface area contributed by atoms with Gasteiger partial charge in [-0.15, -0.1) is 0 Å². The average Bonchev–Trinajstić information content (AvgIpc) is 2.39. The van der Waals surface area contributed by atoms with Gasteiger partial charge in [-0.1, -0.05) is 0 Å². The number of non-ortho nitro benzene ring substituents is 1. The molecular weight excluding hydrogens is 253 g/mol. The van der Waals surface area contributed by atoms with Crippen LogP contribution >= 0.6 is 0 Å². The Kier molecular flexibility index (Phi) is 4.06. The smallest absolute Gasteiger partial charge is 0.272 e. The molecule has 0 aromatic heterocycles. The van der Waals surface area contributed by atoms with Crippen LogP contribution in [0.25, 0.3) is 0 Å². The quantitative estimate of drug-likeness (QED) is 0.637.